The summed E-state index contributed by atoms with van der Waals surface area (Å²) in [5.74, 6) is 0. The molecule has 1 aromatic rings. The first kappa shape index (κ1) is 10.7. The van der Waals surface area contributed by atoms with Crippen LogP contribution >= 0.6 is 27.3 Å². The number of thiophene rings is 1. The van der Waals surface area contributed by atoms with Crippen LogP contribution in [0.5, 0.6) is 0 Å². The maximum atomic E-state index is 5.85. The molecule has 3 heteroatoms. The molecule has 1 saturated heterocycles. The summed E-state index contributed by atoms with van der Waals surface area (Å²) in [5.41, 5.74) is 0. The molecule has 14 heavy (non-hydrogen) atoms. The fourth-order valence-corrected chi connectivity index (χ4v) is 3.56. The van der Waals surface area contributed by atoms with Gasteiger partial charge in [0.15, 0.2) is 0 Å². The quantitative estimate of drug-likeness (QED) is 0.739. The van der Waals surface area contributed by atoms with Gasteiger partial charge >= 0.3 is 0 Å². The van der Waals surface area contributed by atoms with Crippen molar-refractivity contribution in [1.29, 1.82) is 0 Å². The summed E-state index contributed by atoms with van der Waals surface area (Å²) in [5, 5.41) is 0. The molecule has 0 aromatic carbocycles. The summed E-state index contributed by atoms with van der Waals surface area (Å²) in [6, 6.07) is 4.37. The van der Waals surface area contributed by atoms with Gasteiger partial charge in [-0.05, 0) is 38.8 Å². The summed E-state index contributed by atoms with van der Waals surface area (Å²) >= 11 is 5.60. The van der Waals surface area contributed by atoms with Crippen molar-refractivity contribution in [3.63, 3.8) is 0 Å². The van der Waals surface area contributed by atoms with Gasteiger partial charge in [0.25, 0.3) is 0 Å². The van der Waals surface area contributed by atoms with Crippen LogP contribution in [0.4, 0.5) is 0 Å². The third kappa shape index (κ3) is 2.20. The molecule has 1 nitrogen and oxygen atoms in total. The third-order valence-electron chi connectivity index (χ3n) is 2.62. The molecule has 3 atom stereocenters. The molecule has 0 amide bonds. The molecule has 0 bridgehead atoms. The number of hydrogen-bond acceptors (Lipinski definition) is 2. The number of rotatable bonds is 2. The first-order valence-electron chi connectivity index (χ1n) is 5.02. The predicted molar refractivity (Wildman–Crippen MR) is 64.3 cm³/mol. The molecule has 0 saturated carbocycles. The van der Waals surface area contributed by atoms with Gasteiger partial charge in [-0.2, -0.15) is 0 Å². The van der Waals surface area contributed by atoms with Crippen molar-refractivity contribution < 1.29 is 4.74 Å². The normalized spacial score (nSPS) is 29.4. The average Bonchev–Trinajstić information content (AvgIpc) is 2.73. The maximum absolute atomic E-state index is 5.85. The Labute approximate surface area is 97.6 Å². The van der Waals surface area contributed by atoms with Crippen molar-refractivity contribution in [1.82, 2.24) is 0 Å². The number of alkyl halides is 1. The van der Waals surface area contributed by atoms with Crippen LogP contribution in [-0.4, -0.2) is 12.2 Å². The molecule has 0 radical (unpaired) electrons. The summed E-state index contributed by atoms with van der Waals surface area (Å²) in [4.78, 5) is 3.14. The van der Waals surface area contributed by atoms with Crippen LogP contribution in [0.3, 0.4) is 0 Å². The first-order chi connectivity index (χ1) is 6.66. The van der Waals surface area contributed by atoms with Gasteiger partial charge in [-0.25, -0.2) is 0 Å². The summed E-state index contributed by atoms with van der Waals surface area (Å²) in [6.45, 7) is 4.30. The van der Waals surface area contributed by atoms with Crippen LogP contribution in [0.2, 0.25) is 0 Å². The van der Waals surface area contributed by atoms with E-state index in [2.05, 4.69) is 41.9 Å². The van der Waals surface area contributed by atoms with Gasteiger partial charge in [0.05, 0.1) is 17.0 Å². The summed E-state index contributed by atoms with van der Waals surface area (Å²) in [7, 11) is 0. The zero-order chi connectivity index (χ0) is 10.1. The SMILES string of the molecule is Cc1ccc(C(Br)C2CCC(C)O2)s1. The highest BCUT2D eigenvalue weighted by molar-refractivity contribution is 9.09. The highest BCUT2D eigenvalue weighted by Gasteiger charge is 2.29. The number of halogens is 1. The molecule has 1 fully saturated rings. The van der Waals surface area contributed by atoms with Crippen LogP contribution in [0.25, 0.3) is 0 Å². The fourth-order valence-electron chi connectivity index (χ4n) is 1.83. The topological polar surface area (TPSA) is 9.23 Å². The molecule has 0 spiro atoms. The Balaban J connectivity index is 2.05. The van der Waals surface area contributed by atoms with Crippen molar-refractivity contribution in [3.8, 4) is 0 Å². The Kier molecular flexibility index (Phi) is 3.30. The lowest BCUT2D eigenvalue weighted by Gasteiger charge is -2.16. The predicted octanol–water partition coefficient (Wildman–Crippen LogP) is 4.06. The van der Waals surface area contributed by atoms with E-state index in [0.29, 0.717) is 17.0 Å². The van der Waals surface area contributed by atoms with Crippen LogP contribution in [0, 0.1) is 6.92 Å². The van der Waals surface area contributed by atoms with Crippen molar-refractivity contribution in [2.24, 2.45) is 0 Å². The Morgan fingerprint density at radius 1 is 1.50 bits per heavy atom. The van der Waals surface area contributed by atoms with E-state index in [1.807, 2.05) is 11.3 Å². The minimum absolute atomic E-state index is 0.364. The van der Waals surface area contributed by atoms with E-state index in [0.717, 1.165) is 0 Å². The van der Waals surface area contributed by atoms with Gasteiger partial charge in [0.2, 0.25) is 0 Å². The lowest BCUT2D eigenvalue weighted by molar-refractivity contribution is 0.0561. The van der Waals surface area contributed by atoms with Crippen LogP contribution in [-0.2, 0) is 4.74 Å². The Morgan fingerprint density at radius 2 is 2.29 bits per heavy atom. The average molecular weight is 275 g/mol. The molecule has 1 aliphatic rings. The van der Waals surface area contributed by atoms with E-state index in [1.165, 1.54) is 22.6 Å². The fraction of sp³-hybridized carbons (Fsp3) is 0.636. The third-order valence-corrected chi connectivity index (χ3v) is 5.09. The van der Waals surface area contributed by atoms with E-state index < -0.39 is 0 Å². The molecule has 0 aliphatic carbocycles. The van der Waals surface area contributed by atoms with Crippen molar-refractivity contribution >= 4 is 27.3 Å². The molecule has 1 aromatic heterocycles. The lowest BCUT2D eigenvalue weighted by atomic mass is 10.1. The minimum atomic E-state index is 0.364. The molecule has 3 unspecified atom stereocenters. The van der Waals surface area contributed by atoms with Gasteiger partial charge in [0, 0.05) is 9.75 Å². The standard InChI is InChI=1S/C11H15BrOS/c1-7-3-5-9(13-7)11(12)10-6-4-8(2)14-10/h4,6-7,9,11H,3,5H2,1-2H3. The molecule has 2 heterocycles. The highest BCUT2D eigenvalue weighted by Crippen LogP contribution is 2.38. The lowest BCUT2D eigenvalue weighted by Crippen LogP contribution is -2.13. The van der Waals surface area contributed by atoms with Crippen LogP contribution < -0.4 is 0 Å². The molecule has 0 N–H and O–H groups in total. The molecule has 2 rings (SSSR count). The second-order valence-electron chi connectivity index (χ2n) is 3.91. The second kappa shape index (κ2) is 4.33. The van der Waals surface area contributed by atoms with Gasteiger partial charge in [-0.3, -0.25) is 0 Å². The monoisotopic (exact) mass is 274 g/mol. The Bertz CT molecular complexity index is 310. The molecular weight excluding hydrogens is 260 g/mol. The molecular formula is C11H15BrOS. The van der Waals surface area contributed by atoms with Crippen molar-refractivity contribution in [3.05, 3.63) is 21.9 Å². The van der Waals surface area contributed by atoms with Gasteiger partial charge < -0.3 is 4.74 Å². The van der Waals surface area contributed by atoms with E-state index >= 15 is 0 Å². The van der Waals surface area contributed by atoms with E-state index in [1.54, 1.807) is 0 Å². The van der Waals surface area contributed by atoms with Crippen LogP contribution in [0.15, 0.2) is 12.1 Å². The zero-order valence-corrected chi connectivity index (χ0v) is 10.9. The molecule has 1 aliphatic heterocycles. The highest BCUT2D eigenvalue weighted by atomic mass is 79.9. The van der Waals surface area contributed by atoms with E-state index in [9.17, 15) is 0 Å². The number of aryl methyl sites for hydroxylation is 1. The van der Waals surface area contributed by atoms with E-state index in [-0.39, 0.29) is 0 Å². The Morgan fingerprint density at radius 3 is 2.79 bits per heavy atom. The first-order valence-corrected chi connectivity index (χ1v) is 6.76. The number of hydrogen-bond donors (Lipinski definition) is 0. The zero-order valence-electron chi connectivity index (χ0n) is 8.50. The summed E-state index contributed by atoms with van der Waals surface area (Å²) < 4.78 is 5.85. The van der Waals surface area contributed by atoms with Crippen molar-refractivity contribution in [2.75, 3.05) is 0 Å². The second-order valence-corrected chi connectivity index (χ2v) is 6.22. The van der Waals surface area contributed by atoms with Gasteiger partial charge in [-0.15, -0.1) is 11.3 Å². The van der Waals surface area contributed by atoms with Crippen molar-refractivity contribution in [2.45, 2.75) is 43.7 Å². The van der Waals surface area contributed by atoms with E-state index in [4.69, 9.17) is 4.74 Å². The Hall–Kier alpha value is 0.140. The smallest absolute Gasteiger partial charge is 0.0753 e. The van der Waals surface area contributed by atoms with Gasteiger partial charge in [0.1, 0.15) is 0 Å². The largest absolute Gasteiger partial charge is 0.374 e. The minimum Gasteiger partial charge on any atom is -0.374 e. The van der Waals surface area contributed by atoms with Gasteiger partial charge in [-0.1, -0.05) is 15.9 Å². The van der Waals surface area contributed by atoms with Crippen LogP contribution in [0.1, 0.15) is 34.3 Å². The number of ether oxygens (including phenoxy) is 1. The maximum Gasteiger partial charge on any atom is 0.0753 e. The molecule has 78 valence electrons. The summed E-state index contributed by atoms with van der Waals surface area (Å²) in [6.07, 6.45) is 3.16.